The van der Waals surface area contributed by atoms with Crippen LogP contribution < -0.4 is 10.3 Å². The maximum absolute atomic E-state index is 11.7. The van der Waals surface area contributed by atoms with Crippen molar-refractivity contribution < 1.29 is 9.21 Å². The average Bonchev–Trinajstić information content (AvgIpc) is 3.19. The molecule has 0 spiro atoms. The number of rotatable bonds is 4. The molecule has 2 aromatic heterocycles. The minimum Gasteiger partial charge on any atom is -0.440 e. The molecule has 6 heteroatoms. The van der Waals surface area contributed by atoms with E-state index in [9.17, 15) is 4.79 Å². The molecule has 0 unspecified atom stereocenters. The Morgan fingerprint density at radius 2 is 2.14 bits per heavy atom. The van der Waals surface area contributed by atoms with E-state index in [1.54, 1.807) is 24.4 Å². The van der Waals surface area contributed by atoms with Gasteiger partial charge < -0.3 is 9.32 Å². The third kappa shape index (κ3) is 3.28. The first-order valence-electron chi connectivity index (χ1n) is 6.92. The first-order valence-corrected chi connectivity index (χ1v) is 6.92. The summed E-state index contributed by atoms with van der Waals surface area (Å²) in [6, 6.07) is 8.89. The molecule has 1 amide bonds. The summed E-state index contributed by atoms with van der Waals surface area (Å²) < 4.78 is 5.66. The number of furan rings is 1. The van der Waals surface area contributed by atoms with Gasteiger partial charge in [-0.05, 0) is 31.0 Å². The predicted octanol–water partition coefficient (Wildman–Crippen LogP) is 2.04. The van der Waals surface area contributed by atoms with Crippen LogP contribution in [0, 0.1) is 0 Å². The Kier molecular flexibility index (Phi) is 3.95. The third-order valence-electron chi connectivity index (χ3n) is 3.29. The molecular weight excluding hydrogens is 268 g/mol. The van der Waals surface area contributed by atoms with Gasteiger partial charge in [0, 0.05) is 25.4 Å². The van der Waals surface area contributed by atoms with Crippen LogP contribution in [0.2, 0.25) is 0 Å². The molecule has 0 aromatic carbocycles. The molecule has 3 heterocycles. The minimum absolute atomic E-state index is 0.326. The van der Waals surface area contributed by atoms with Gasteiger partial charge in [0.1, 0.15) is 11.5 Å². The molecule has 1 aliphatic rings. The molecule has 6 nitrogen and oxygen atoms in total. The van der Waals surface area contributed by atoms with Gasteiger partial charge in [0.25, 0.3) is 5.91 Å². The van der Waals surface area contributed by atoms with Crippen molar-refractivity contribution in [3.05, 3.63) is 48.0 Å². The molecule has 1 aliphatic heterocycles. The number of carbonyl (C=O) groups excluding carboxylic acids is 1. The number of aromatic nitrogens is 1. The molecule has 0 radical (unpaired) electrons. The minimum atomic E-state index is -0.349. The molecule has 3 rings (SSSR count). The van der Waals surface area contributed by atoms with Crippen LogP contribution in [-0.4, -0.2) is 30.2 Å². The summed E-state index contributed by atoms with van der Waals surface area (Å²) >= 11 is 0. The standard InChI is InChI=1S/C15H16N4O2/c20-15(13-5-1-2-8-16-13)18-17-11-12-6-7-14(21-12)19-9-3-4-10-19/h1-2,5-8,11H,3-4,9-10H2,(H,18,20)/b17-11-. The highest BCUT2D eigenvalue weighted by Gasteiger charge is 2.15. The van der Waals surface area contributed by atoms with Gasteiger partial charge in [-0.25, -0.2) is 5.43 Å². The predicted molar refractivity (Wildman–Crippen MR) is 79.5 cm³/mol. The number of hydrogen-bond acceptors (Lipinski definition) is 5. The molecule has 0 atom stereocenters. The van der Waals surface area contributed by atoms with Crippen molar-refractivity contribution in [2.24, 2.45) is 5.10 Å². The summed E-state index contributed by atoms with van der Waals surface area (Å²) in [7, 11) is 0. The van der Waals surface area contributed by atoms with Gasteiger partial charge in [0.2, 0.25) is 0 Å². The van der Waals surface area contributed by atoms with Crippen LogP contribution in [0.5, 0.6) is 0 Å². The number of nitrogens with zero attached hydrogens (tertiary/aromatic N) is 3. The van der Waals surface area contributed by atoms with E-state index in [1.807, 2.05) is 12.1 Å². The number of pyridine rings is 1. The van der Waals surface area contributed by atoms with Crippen molar-refractivity contribution in [1.82, 2.24) is 10.4 Å². The summed E-state index contributed by atoms with van der Waals surface area (Å²) in [5.74, 6) is 1.11. The second-order valence-electron chi connectivity index (χ2n) is 4.78. The number of anilines is 1. The molecule has 1 saturated heterocycles. The van der Waals surface area contributed by atoms with Crippen LogP contribution in [0.3, 0.4) is 0 Å². The lowest BCUT2D eigenvalue weighted by Crippen LogP contribution is -2.18. The van der Waals surface area contributed by atoms with Crippen molar-refractivity contribution in [3.63, 3.8) is 0 Å². The van der Waals surface area contributed by atoms with Gasteiger partial charge in [-0.3, -0.25) is 9.78 Å². The Bertz CT molecular complexity index is 630. The largest absolute Gasteiger partial charge is 0.440 e. The second kappa shape index (κ2) is 6.21. The van der Waals surface area contributed by atoms with E-state index in [0.717, 1.165) is 19.0 Å². The van der Waals surface area contributed by atoms with E-state index < -0.39 is 0 Å². The quantitative estimate of drug-likeness (QED) is 0.689. The fourth-order valence-electron chi connectivity index (χ4n) is 2.23. The van der Waals surface area contributed by atoms with E-state index in [-0.39, 0.29) is 5.91 Å². The third-order valence-corrected chi connectivity index (χ3v) is 3.29. The van der Waals surface area contributed by atoms with Crippen molar-refractivity contribution in [1.29, 1.82) is 0 Å². The van der Waals surface area contributed by atoms with Crippen LogP contribution in [-0.2, 0) is 0 Å². The van der Waals surface area contributed by atoms with E-state index in [0.29, 0.717) is 11.5 Å². The highest BCUT2D eigenvalue weighted by molar-refractivity contribution is 5.92. The number of hydrogen-bond donors (Lipinski definition) is 1. The summed E-state index contributed by atoms with van der Waals surface area (Å²) in [6.45, 7) is 2.06. The maximum Gasteiger partial charge on any atom is 0.289 e. The summed E-state index contributed by atoms with van der Waals surface area (Å²) in [6.07, 6.45) is 5.45. The first-order chi connectivity index (χ1) is 10.3. The monoisotopic (exact) mass is 284 g/mol. The highest BCUT2D eigenvalue weighted by Crippen LogP contribution is 2.21. The van der Waals surface area contributed by atoms with Crippen LogP contribution in [0.15, 0.2) is 46.0 Å². The molecule has 1 N–H and O–H groups in total. The van der Waals surface area contributed by atoms with Gasteiger partial charge in [-0.1, -0.05) is 6.07 Å². The Morgan fingerprint density at radius 3 is 2.90 bits per heavy atom. The summed E-state index contributed by atoms with van der Waals surface area (Å²) in [5.41, 5.74) is 2.75. The van der Waals surface area contributed by atoms with Gasteiger partial charge in [-0.15, -0.1) is 0 Å². The highest BCUT2D eigenvalue weighted by atomic mass is 16.4. The number of amides is 1. The normalized spacial score (nSPS) is 14.8. The summed E-state index contributed by atoms with van der Waals surface area (Å²) in [4.78, 5) is 17.9. The van der Waals surface area contributed by atoms with Crippen LogP contribution in [0.4, 0.5) is 5.88 Å². The van der Waals surface area contributed by atoms with Crippen molar-refractivity contribution in [3.8, 4) is 0 Å². The van der Waals surface area contributed by atoms with Crippen molar-refractivity contribution in [2.45, 2.75) is 12.8 Å². The average molecular weight is 284 g/mol. The number of hydrazone groups is 1. The zero-order valence-corrected chi connectivity index (χ0v) is 11.5. The molecular formula is C15H16N4O2. The van der Waals surface area contributed by atoms with Gasteiger partial charge in [-0.2, -0.15) is 5.10 Å². The Hall–Kier alpha value is -2.63. The maximum atomic E-state index is 11.7. The van der Waals surface area contributed by atoms with Crippen LogP contribution in [0.1, 0.15) is 29.1 Å². The van der Waals surface area contributed by atoms with Crippen LogP contribution >= 0.6 is 0 Å². The van der Waals surface area contributed by atoms with Crippen molar-refractivity contribution in [2.75, 3.05) is 18.0 Å². The molecule has 108 valence electrons. The van der Waals surface area contributed by atoms with Crippen molar-refractivity contribution >= 4 is 18.0 Å². The molecule has 0 aliphatic carbocycles. The zero-order chi connectivity index (χ0) is 14.5. The molecule has 0 bridgehead atoms. The molecule has 1 fully saturated rings. The SMILES string of the molecule is O=C(N/N=C\c1ccc(N2CCCC2)o1)c1ccccn1. The smallest absolute Gasteiger partial charge is 0.289 e. The van der Waals surface area contributed by atoms with Crippen LogP contribution in [0.25, 0.3) is 0 Å². The van der Waals surface area contributed by atoms with E-state index in [2.05, 4.69) is 20.4 Å². The molecule has 21 heavy (non-hydrogen) atoms. The fourth-order valence-corrected chi connectivity index (χ4v) is 2.23. The van der Waals surface area contributed by atoms with E-state index in [4.69, 9.17) is 4.42 Å². The van der Waals surface area contributed by atoms with E-state index >= 15 is 0 Å². The van der Waals surface area contributed by atoms with E-state index in [1.165, 1.54) is 19.1 Å². The second-order valence-corrected chi connectivity index (χ2v) is 4.78. The summed E-state index contributed by atoms with van der Waals surface area (Å²) in [5, 5.41) is 3.88. The number of nitrogens with one attached hydrogen (secondary N) is 1. The van der Waals surface area contributed by atoms with Gasteiger partial charge in [0.05, 0.1) is 6.21 Å². The Balaban J connectivity index is 1.58. The van der Waals surface area contributed by atoms with Gasteiger partial charge >= 0.3 is 0 Å². The zero-order valence-electron chi connectivity index (χ0n) is 11.5. The lowest BCUT2D eigenvalue weighted by Gasteiger charge is -2.12. The fraction of sp³-hybridized carbons (Fsp3) is 0.267. The molecule has 0 saturated carbocycles. The number of carbonyl (C=O) groups is 1. The molecule has 2 aromatic rings. The Morgan fingerprint density at radius 1 is 1.29 bits per heavy atom. The topological polar surface area (TPSA) is 70.7 Å². The lowest BCUT2D eigenvalue weighted by molar-refractivity contribution is 0.0950. The first kappa shape index (κ1) is 13.4. The lowest BCUT2D eigenvalue weighted by atomic mass is 10.3. The Labute approximate surface area is 122 Å². The van der Waals surface area contributed by atoms with Gasteiger partial charge in [0.15, 0.2) is 5.88 Å².